The lowest BCUT2D eigenvalue weighted by Gasteiger charge is -2.26. The molecule has 5 rings (SSSR count). The lowest BCUT2D eigenvalue weighted by Crippen LogP contribution is -2.29. The van der Waals surface area contributed by atoms with E-state index in [9.17, 15) is 24.8 Å². The maximum Gasteiger partial charge on any atom is 0.335 e. The lowest BCUT2D eigenvalue weighted by atomic mass is 9.98. The smallest absolute Gasteiger partial charge is 0.335 e. The molecule has 0 spiro atoms. The van der Waals surface area contributed by atoms with Gasteiger partial charge in [-0.25, -0.2) is 4.79 Å². The number of carboxylic acid groups (broad SMARTS) is 1. The molecule has 1 fully saturated rings. The van der Waals surface area contributed by atoms with Crippen molar-refractivity contribution in [3.63, 3.8) is 0 Å². The third kappa shape index (κ3) is 5.22. The maximum absolute atomic E-state index is 13.1. The van der Waals surface area contributed by atoms with Crippen molar-refractivity contribution in [2.45, 2.75) is 25.8 Å². The molecular weight excluding hydrogens is 472 g/mol. The summed E-state index contributed by atoms with van der Waals surface area (Å²) in [5.74, 6) is -1.46. The topological polar surface area (TPSA) is 125 Å². The van der Waals surface area contributed by atoms with Crippen LogP contribution >= 0.6 is 0 Å². The fraction of sp³-hybridized carbons (Fsp3) is 0.214. The Kier molecular flexibility index (Phi) is 6.70. The third-order valence-electron chi connectivity index (χ3n) is 6.71. The lowest BCUT2D eigenvalue weighted by molar-refractivity contribution is -0.384. The molecule has 0 radical (unpaired) electrons. The largest absolute Gasteiger partial charge is 0.478 e. The highest BCUT2D eigenvalue weighted by atomic mass is 16.6. The Bertz CT molecular complexity index is 1390. The van der Waals surface area contributed by atoms with Gasteiger partial charge >= 0.3 is 5.97 Å². The van der Waals surface area contributed by atoms with Crippen molar-refractivity contribution >= 4 is 40.2 Å². The van der Waals surface area contributed by atoms with Gasteiger partial charge < -0.3 is 15.7 Å². The molecule has 37 heavy (non-hydrogen) atoms. The van der Waals surface area contributed by atoms with Crippen LogP contribution in [0.3, 0.4) is 0 Å². The average molecular weight is 499 g/mol. The quantitative estimate of drug-likeness (QED) is 0.232. The summed E-state index contributed by atoms with van der Waals surface area (Å²) in [6, 6.07) is 18.3. The molecule has 2 aliphatic rings. The number of amides is 1. The number of carboxylic acids is 1. The molecule has 3 aromatic rings. The molecule has 0 atom stereocenters. The van der Waals surface area contributed by atoms with E-state index in [0.29, 0.717) is 22.5 Å². The van der Waals surface area contributed by atoms with Crippen LogP contribution in [0.15, 0.2) is 66.7 Å². The second-order valence-electron chi connectivity index (χ2n) is 9.23. The van der Waals surface area contributed by atoms with Gasteiger partial charge in [0, 0.05) is 35.6 Å². The summed E-state index contributed by atoms with van der Waals surface area (Å²) in [6.45, 7) is 3.08. The van der Waals surface area contributed by atoms with Crippen molar-refractivity contribution in [2.75, 3.05) is 23.7 Å². The molecule has 1 saturated heterocycles. The summed E-state index contributed by atoms with van der Waals surface area (Å²) < 4.78 is 0. The zero-order valence-electron chi connectivity index (χ0n) is 20.1. The molecule has 2 heterocycles. The van der Waals surface area contributed by atoms with E-state index in [1.54, 1.807) is 12.1 Å². The Morgan fingerprint density at radius 2 is 1.65 bits per heavy atom. The molecule has 9 heteroatoms. The summed E-state index contributed by atoms with van der Waals surface area (Å²) in [5, 5.41) is 26.8. The zero-order valence-corrected chi connectivity index (χ0v) is 20.1. The van der Waals surface area contributed by atoms with Crippen molar-refractivity contribution in [2.24, 2.45) is 0 Å². The highest BCUT2D eigenvalue weighted by Crippen LogP contribution is 2.39. The van der Waals surface area contributed by atoms with Crippen molar-refractivity contribution in [1.82, 2.24) is 4.90 Å². The summed E-state index contributed by atoms with van der Waals surface area (Å²) in [4.78, 5) is 37.8. The van der Waals surface area contributed by atoms with Gasteiger partial charge in [0.25, 0.3) is 11.6 Å². The number of aromatic carboxylic acids is 1. The number of non-ortho nitro benzene ring substituents is 1. The molecule has 2 aliphatic heterocycles. The predicted octanol–water partition coefficient (Wildman–Crippen LogP) is 5.21. The van der Waals surface area contributed by atoms with Crippen molar-refractivity contribution < 1.29 is 19.6 Å². The SMILES string of the molecule is O=C1Nc2ccc([N+](=O)[O-])cc2C1=C(Nc1ccc(CN2CCCCC2)cc1)c1ccc(C(=O)O)cc1. The van der Waals surface area contributed by atoms with Gasteiger partial charge in [0.15, 0.2) is 0 Å². The predicted molar refractivity (Wildman–Crippen MR) is 141 cm³/mol. The number of piperidine rings is 1. The minimum absolute atomic E-state index is 0.113. The number of anilines is 2. The van der Waals surface area contributed by atoms with Crippen LogP contribution in [-0.4, -0.2) is 39.9 Å². The molecule has 0 unspecified atom stereocenters. The van der Waals surface area contributed by atoms with Crippen LogP contribution < -0.4 is 10.6 Å². The second-order valence-corrected chi connectivity index (χ2v) is 9.23. The van der Waals surface area contributed by atoms with E-state index >= 15 is 0 Å². The fourth-order valence-corrected chi connectivity index (χ4v) is 4.79. The van der Waals surface area contributed by atoms with Crippen LogP contribution in [0.25, 0.3) is 11.3 Å². The van der Waals surface area contributed by atoms with Gasteiger partial charge in [0.1, 0.15) is 0 Å². The van der Waals surface area contributed by atoms with E-state index in [2.05, 4.69) is 15.5 Å². The van der Waals surface area contributed by atoms with E-state index in [4.69, 9.17) is 0 Å². The first-order valence-electron chi connectivity index (χ1n) is 12.2. The number of nitrogens with zero attached hydrogens (tertiary/aromatic N) is 2. The summed E-state index contributed by atoms with van der Waals surface area (Å²) in [5.41, 5.74) is 4.04. The summed E-state index contributed by atoms with van der Waals surface area (Å²) >= 11 is 0. The number of carbonyl (C=O) groups excluding carboxylic acids is 1. The number of nitro benzene ring substituents is 1. The first kappa shape index (κ1) is 24.2. The van der Waals surface area contributed by atoms with E-state index < -0.39 is 16.8 Å². The minimum atomic E-state index is -1.06. The number of rotatable bonds is 7. The molecule has 0 aromatic heterocycles. The van der Waals surface area contributed by atoms with Crippen molar-refractivity contribution in [3.05, 3.63) is 99.1 Å². The number of fused-ring (bicyclic) bond motifs is 1. The number of carbonyl (C=O) groups is 2. The van der Waals surface area contributed by atoms with Crippen molar-refractivity contribution in [3.8, 4) is 0 Å². The first-order valence-corrected chi connectivity index (χ1v) is 12.2. The van der Waals surface area contributed by atoms with Gasteiger partial charge in [0.2, 0.25) is 0 Å². The molecule has 3 aromatic carbocycles. The summed E-state index contributed by atoms with van der Waals surface area (Å²) in [6.07, 6.45) is 3.72. The molecular formula is C28H26N4O5. The van der Waals surface area contributed by atoms with Gasteiger partial charge in [0.05, 0.1) is 21.8 Å². The average Bonchev–Trinajstić information content (AvgIpc) is 3.23. The molecule has 1 amide bonds. The number of nitro groups is 1. The van der Waals surface area contributed by atoms with E-state index in [1.807, 2.05) is 24.3 Å². The van der Waals surface area contributed by atoms with Gasteiger partial charge in [-0.3, -0.25) is 19.8 Å². The second kappa shape index (κ2) is 10.2. The third-order valence-corrected chi connectivity index (χ3v) is 6.71. The molecule has 0 aliphatic carbocycles. The fourth-order valence-electron chi connectivity index (χ4n) is 4.79. The van der Waals surface area contributed by atoms with Crippen LogP contribution in [0.5, 0.6) is 0 Å². The highest BCUT2D eigenvalue weighted by molar-refractivity contribution is 6.37. The van der Waals surface area contributed by atoms with Crippen LogP contribution in [0, 0.1) is 10.1 Å². The Morgan fingerprint density at radius 3 is 2.30 bits per heavy atom. The Balaban J connectivity index is 1.53. The molecule has 3 N–H and O–H groups in total. The van der Waals surface area contributed by atoms with Crippen molar-refractivity contribution in [1.29, 1.82) is 0 Å². The number of benzene rings is 3. The number of hydrogen-bond donors (Lipinski definition) is 3. The summed E-state index contributed by atoms with van der Waals surface area (Å²) in [7, 11) is 0. The molecule has 9 nitrogen and oxygen atoms in total. The minimum Gasteiger partial charge on any atom is -0.478 e. The van der Waals surface area contributed by atoms with Crippen LogP contribution in [0.2, 0.25) is 0 Å². The highest BCUT2D eigenvalue weighted by Gasteiger charge is 2.30. The van der Waals surface area contributed by atoms with E-state index in [-0.39, 0.29) is 16.8 Å². The van der Waals surface area contributed by atoms with E-state index in [0.717, 1.165) is 25.3 Å². The van der Waals surface area contributed by atoms with Gasteiger partial charge in [-0.05, 0) is 67.4 Å². The van der Waals surface area contributed by atoms with E-state index in [1.165, 1.54) is 55.2 Å². The monoisotopic (exact) mass is 498 g/mol. The maximum atomic E-state index is 13.1. The molecule has 0 saturated carbocycles. The Morgan fingerprint density at radius 1 is 0.973 bits per heavy atom. The van der Waals surface area contributed by atoms with Crippen LogP contribution in [-0.2, 0) is 11.3 Å². The first-order chi connectivity index (χ1) is 17.9. The molecule has 188 valence electrons. The van der Waals surface area contributed by atoms with Gasteiger partial charge in [-0.1, -0.05) is 30.7 Å². The zero-order chi connectivity index (χ0) is 25.9. The number of nitrogens with one attached hydrogen (secondary N) is 2. The molecule has 0 bridgehead atoms. The van der Waals surface area contributed by atoms with Gasteiger partial charge in [-0.2, -0.15) is 0 Å². The normalized spacial score (nSPS) is 16.6. The van der Waals surface area contributed by atoms with Gasteiger partial charge in [-0.15, -0.1) is 0 Å². The van der Waals surface area contributed by atoms with Crippen LogP contribution in [0.4, 0.5) is 17.1 Å². The standard InChI is InChI=1S/C28H26N4O5/c33-27-25(23-16-22(32(36)37)12-13-24(23)30-27)26(19-6-8-20(9-7-19)28(34)35)29-21-10-4-18(5-11-21)17-31-14-2-1-3-15-31/h4-13,16,29H,1-3,14-15,17H2,(H,30,33)(H,34,35). The Labute approximate surface area is 213 Å². The number of hydrogen-bond acceptors (Lipinski definition) is 6. The number of likely N-dealkylation sites (tertiary alicyclic amines) is 1. The Hall–Kier alpha value is -4.50. The van der Waals surface area contributed by atoms with Crippen LogP contribution in [0.1, 0.15) is 46.3 Å².